The van der Waals surface area contributed by atoms with E-state index in [9.17, 15) is 9.59 Å². The lowest BCUT2D eigenvalue weighted by Crippen LogP contribution is -2.34. The van der Waals surface area contributed by atoms with E-state index in [1.165, 1.54) is 11.0 Å². The Hall–Kier alpha value is -2.58. The summed E-state index contributed by atoms with van der Waals surface area (Å²) in [4.78, 5) is 29.3. The summed E-state index contributed by atoms with van der Waals surface area (Å²) < 4.78 is 5.88. The van der Waals surface area contributed by atoms with Crippen LogP contribution in [0, 0.1) is 0 Å². The zero-order chi connectivity index (χ0) is 13.8. The summed E-state index contributed by atoms with van der Waals surface area (Å²) in [6.45, 7) is 2.51. The molecule has 4 N–H and O–H groups in total. The van der Waals surface area contributed by atoms with E-state index >= 15 is 0 Å². The lowest BCUT2D eigenvalue weighted by Gasteiger charge is -2.12. The fourth-order valence-corrected chi connectivity index (χ4v) is 1.64. The smallest absolute Gasteiger partial charge is 0.330 e. The van der Waals surface area contributed by atoms with Crippen molar-refractivity contribution >= 4 is 11.5 Å². The molecule has 19 heavy (non-hydrogen) atoms. The Morgan fingerprint density at radius 1 is 1.53 bits per heavy atom. The molecular weight excluding hydrogens is 252 g/mol. The standard InChI is InChI=1S/C10H14N6O3/c1-2-3-16-8(11)7(9(17)14-10(16)18)12-4-6-13-5-19-15-6/h5,12H,2-4,11H2,1H3,(H,14,17,18). The van der Waals surface area contributed by atoms with Gasteiger partial charge < -0.3 is 15.6 Å². The van der Waals surface area contributed by atoms with Gasteiger partial charge in [0.1, 0.15) is 11.5 Å². The van der Waals surface area contributed by atoms with Gasteiger partial charge in [-0.25, -0.2) is 4.79 Å². The van der Waals surface area contributed by atoms with Gasteiger partial charge in [-0.2, -0.15) is 4.98 Å². The highest BCUT2D eigenvalue weighted by molar-refractivity contribution is 5.60. The first kappa shape index (κ1) is 12.9. The highest BCUT2D eigenvalue weighted by Crippen LogP contribution is 2.11. The molecule has 0 aliphatic carbocycles. The van der Waals surface area contributed by atoms with Gasteiger partial charge in [0.25, 0.3) is 5.56 Å². The normalized spacial score (nSPS) is 10.6. The Bertz CT molecular complexity index is 657. The van der Waals surface area contributed by atoms with Crippen molar-refractivity contribution in [1.29, 1.82) is 0 Å². The van der Waals surface area contributed by atoms with Crippen molar-refractivity contribution in [3.8, 4) is 0 Å². The van der Waals surface area contributed by atoms with E-state index in [0.717, 1.165) is 6.42 Å². The summed E-state index contributed by atoms with van der Waals surface area (Å²) in [5, 5.41) is 6.39. The number of nitrogens with one attached hydrogen (secondary N) is 2. The molecule has 0 amide bonds. The molecule has 0 radical (unpaired) electrons. The molecule has 2 heterocycles. The Kier molecular flexibility index (Phi) is 3.64. The second-order valence-electron chi connectivity index (χ2n) is 3.87. The van der Waals surface area contributed by atoms with Crippen molar-refractivity contribution in [3.63, 3.8) is 0 Å². The van der Waals surface area contributed by atoms with Crippen LogP contribution in [0.1, 0.15) is 19.2 Å². The molecule has 0 saturated heterocycles. The molecular formula is C10H14N6O3. The van der Waals surface area contributed by atoms with E-state index in [1.807, 2.05) is 6.92 Å². The molecule has 0 spiro atoms. The maximum atomic E-state index is 11.7. The van der Waals surface area contributed by atoms with E-state index in [1.54, 1.807) is 0 Å². The maximum Gasteiger partial charge on any atom is 0.330 e. The molecule has 0 aliphatic rings. The summed E-state index contributed by atoms with van der Waals surface area (Å²) in [7, 11) is 0. The average molecular weight is 266 g/mol. The second-order valence-corrected chi connectivity index (χ2v) is 3.87. The summed E-state index contributed by atoms with van der Waals surface area (Å²) in [5.41, 5.74) is 4.86. The van der Waals surface area contributed by atoms with Crippen LogP contribution in [0.5, 0.6) is 0 Å². The molecule has 9 heteroatoms. The van der Waals surface area contributed by atoms with Crippen molar-refractivity contribution in [3.05, 3.63) is 33.1 Å². The van der Waals surface area contributed by atoms with E-state index in [0.29, 0.717) is 12.4 Å². The van der Waals surface area contributed by atoms with E-state index in [-0.39, 0.29) is 18.1 Å². The third-order valence-corrected chi connectivity index (χ3v) is 2.52. The minimum absolute atomic E-state index is 0.0964. The molecule has 0 aromatic carbocycles. The summed E-state index contributed by atoms with van der Waals surface area (Å²) in [5.74, 6) is 0.478. The lowest BCUT2D eigenvalue weighted by atomic mass is 10.4. The topological polar surface area (TPSA) is 132 Å². The molecule has 0 fully saturated rings. The second kappa shape index (κ2) is 5.38. The molecule has 0 aliphatic heterocycles. The molecule has 0 saturated carbocycles. The number of nitrogen functional groups attached to an aromatic ring is 1. The molecule has 0 bridgehead atoms. The van der Waals surface area contributed by atoms with Crippen LogP contribution < -0.4 is 22.3 Å². The average Bonchev–Trinajstić information content (AvgIpc) is 2.87. The third-order valence-electron chi connectivity index (χ3n) is 2.52. The number of hydrogen-bond acceptors (Lipinski definition) is 7. The van der Waals surface area contributed by atoms with Gasteiger partial charge in [0.15, 0.2) is 5.82 Å². The fourth-order valence-electron chi connectivity index (χ4n) is 1.64. The van der Waals surface area contributed by atoms with Gasteiger partial charge >= 0.3 is 5.69 Å². The third kappa shape index (κ3) is 2.64. The zero-order valence-electron chi connectivity index (χ0n) is 10.3. The molecule has 2 rings (SSSR count). The van der Waals surface area contributed by atoms with Crippen LogP contribution in [0.25, 0.3) is 0 Å². The number of nitrogens with two attached hydrogens (primary N) is 1. The Morgan fingerprint density at radius 2 is 2.32 bits per heavy atom. The first-order valence-corrected chi connectivity index (χ1v) is 5.75. The Labute approximate surface area is 107 Å². The summed E-state index contributed by atoms with van der Waals surface area (Å²) in [6.07, 6.45) is 1.91. The molecule has 2 aromatic heterocycles. The van der Waals surface area contributed by atoms with Crippen molar-refractivity contribution < 1.29 is 4.52 Å². The predicted octanol–water partition coefficient (Wildman–Crippen LogP) is -0.476. The number of aromatic amines is 1. The van der Waals surface area contributed by atoms with Gasteiger partial charge in [0.05, 0.1) is 6.54 Å². The number of anilines is 2. The van der Waals surface area contributed by atoms with Gasteiger partial charge in [-0.05, 0) is 6.42 Å². The Balaban J connectivity index is 2.31. The fraction of sp³-hybridized carbons (Fsp3) is 0.400. The Morgan fingerprint density at radius 3 is 2.95 bits per heavy atom. The summed E-state index contributed by atoms with van der Waals surface area (Å²) in [6, 6.07) is 0. The first-order chi connectivity index (χ1) is 9.13. The van der Waals surface area contributed by atoms with Crippen molar-refractivity contribution in [2.75, 3.05) is 11.1 Å². The number of rotatable bonds is 5. The highest BCUT2D eigenvalue weighted by Gasteiger charge is 2.12. The lowest BCUT2D eigenvalue weighted by molar-refractivity contribution is 0.411. The maximum absolute atomic E-state index is 11.7. The van der Waals surface area contributed by atoms with Crippen LogP contribution in [0.3, 0.4) is 0 Å². The number of H-pyrrole nitrogens is 1. The van der Waals surface area contributed by atoms with Crippen LogP contribution in [0.15, 0.2) is 20.5 Å². The number of aromatic nitrogens is 4. The quantitative estimate of drug-likeness (QED) is 0.666. The van der Waals surface area contributed by atoms with Crippen molar-refractivity contribution in [2.24, 2.45) is 0 Å². The molecule has 0 unspecified atom stereocenters. The highest BCUT2D eigenvalue weighted by atomic mass is 16.5. The molecule has 102 valence electrons. The minimum Gasteiger partial charge on any atom is -0.383 e. The van der Waals surface area contributed by atoms with E-state index < -0.39 is 11.2 Å². The zero-order valence-corrected chi connectivity index (χ0v) is 10.3. The van der Waals surface area contributed by atoms with E-state index in [4.69, 9.17) is 5.73 Å². The predicted molar refractivity (Wildman–Crippen MR) is 67.7 cm³/mol. The molecule has 0 atom stereocenters. The van der Waals surface area contributed by atoms with Gasteiger partial charge in [-0.3, -0.25) is 14.3 Å². The summed E-state index contributed by atoms with van der Waals surface area (Å²) >= 11 is 0. The van der Waals surface area contributed by atoms with Gasteiger partial charge in [-0.1, -0.05) is 12.1 Å². The van der Waals surface area contributed by atoms with Gasteiger partial charge in [0, 0.05) is 6.54 Å². The number of hydrogen-bond donors (Lipinski definition) is 3. The van der Waals surface area contributed by atoms with E-state index in [2.05, 4.69) is 25.0 Å². The van der Waals surface area contributed by atoms with Crippen LogP contribution in [-0.4, -0.2) is 19.7 Å². The molecule has 9 nitrogen and oxygen atoms in total. The SMILES string of the molecule is CCCn1c(N)c(NCc2ncon2)c(=O)[nH]c1=O. The van der Waals surface area contributed by atoms with Gasteiger partial charge in [0.2, 0.25) is 6.39 Å². The molecule has 2 aromatic rings. The minimum atomic E-state index is -0.571. The van der Waals surface area contributed by atoms with Crippen molar-refractivity contribution in [2.45, 2.75) is 26.4 Å². The van der Waals surface area contributed by atoms with Crippen LogP contribution in [0.4, 0.5) is 11.5 Å². The van der Waals surface area contributed by atoms with Gasteiger partial charge in [-0.15, -0.1) is 0 Å². The van der Waals surface area contributed by atoms with Crippen LogP contribution >= 0.6 is 0 Å². The number of nitrogens with zero attached hydrogens (tertiary/aromatic N) is 3. The van der Waals surface area contributed by atoms with Crippen molar-refractivity contribution in [1.82, 2.24) is 19.7 Å². The largest absolute Gasteiger partial charge is 0.383 e. The van der Waals surface area contributed by atoms with Crippen LogP contribution in [0.2, 0.25) is 0 Å². The van der Waals surface area contributed by atoms with Crippen LogP contribution in [-0.2, 0) is 13.1 Å². The first-order valence-electron chi connectivity index (χ1n) is 5.75. The monoisotopic (exact) mass is 266 g/mol.